The second kappa shape index (κ2) is 7.82. The molecule has 5 heteroatoms. The molecule has 0 aromatic heterocycles. The predicted molar refractivity (Wildman–Crippen MR) is 85.0 cm³/mol. The Bertz CT molecular complexity index is 524. The first kappa shape index (κ1) is 16.3. The van der Waals surface area contributed by atoms with Gasteiger partial charge < -0.3 is 15.0 Å². The summed E-state index contributed by atoms with van der Waals surface area (Å²) in [5.41, 5.74) is 0.443. The Balaban J connectivity index is 1.94. The molecule has 0 spiro atoms. The molecule has 2 rings (SSSR count). The number of nitrogens with one attached hydrogen (secondary N) is 1. The number of likely N-dealkylation sites (N-methyl/N-ethyl adjacent to an activating group) is 1. The molecule has 0 heterocycles. The molecule has 1 aromatic rings. The molecule has 0 atom stereocenters. The first-order chi connectivity index (χ1) is 10.6. The molecule has 1 N–H and O–H groups in total. The highest BCUT2D eigenvalue weighted by molar-refractivity contribution is 5.96. The number of hydrogen-bond donors (Lipinski definition) is 1. The lowest BCUT2D eigenvalue weighted by Crippen LogP contribution is -2.40. The van der Waals surface area contributed by atoms with Crippen molar-refractivity contribution in [2.75, 3.05) is 20.7 Å². The van der Waals surface area contributed by atoms with E-state index in [-0.39, 0.29) is 18.4 Å². The molecule has 1 aromatic carbocycles. The van der Waals surface area contributed by atoms with Crippen molar-refractivity contribution in [2.24, 2.45) is 0 Å². The maximum atomic E-state index is 12.3. The van der Waals surface area contributed by atoms with Gasteiger partial charge in [0.05, 0.1) is 5.56 Å². The molecule has 0 unspecified atom stereocenters. The van der Waals surface area contributed by atoms with Gasteiger partial charge >= 0.3 is 0 Å². The van der Waals surface area contributed by atoms with Crippen LogP contribution >= 0.6 is 0 Å². The second-order valence-corrected chi connectivity index (χ2v) is 5.66. The molecule has 120 valence electrons. The molecule has 2 amide bonds. The van der Waals surface area contributed by atoms with Gasteiger partial charge in [0.2, 0.25) is 0 Å². The topological polar surface area (TPSA) is 58.6 Å². The molecule has 0 aliphatic heterocycles. The predicted octanol–water partition coefficient (Wildman–Crippen LogP) is 2.22. The Labute approximate surface area is 131 Å². The first-order valence-corrected chi connectivity index (χ1v) is 7.83. The highest BCUT2D eigenvalue weighted by Crippen LogP contribution is 2.22. The van der Waals surface area contributed by atoms with Gasteiger partial charge in [-0.15, -0.1) is 0 Å². The number of carbonyl (C=O) groups excluding carboxylic acids is 2. The van der Waals surface area contributed by atoms with Crippen LogP contribution in [-0.2, 0) is 4.79 Å². The maximum absolute atomic E-state index is 12.3. The van der Waals surface area contributed by atoms with Crippen molar-refractivity contribution in [1.82, 2.24) is 10.2 Å². The van der Waals surface area contributed by atoms with Crippen LogP contribution in [0.15, 0.2) is 24.3 Å². The quantitative estimate of drug-likeness (QED) is 0.907. The van der Waals surface area contributed by atoms with E-state index in [1.807, 2.05) is 7.05 Å². The minimum absolute atomic E-state index is 0.0407. The van der Waals surface area contributed by atoms with E-state index < -0.39 is 0 Å². The number of carbonyl (C=O) groups is 2. The van der Waals surface area contributed by atoms with Gasteiger partial charge in [0.15, 0.2) is 6.61 Å². The molecule has 1 aliphatic rings. The van der Waals surface area contributed by atoms with Gasteiger partial charge in [0.25, 0.3) is 11.8 Å². The summed E-state index contributed by atoms with van der Waals surface area (Å²) in [6.45, 7) is -0.0407. The Hall–Kier alpha value is -2.04. The monoisotopic (exact) mass is 304 g/mol. The number of nitrogens with zero attached hydrogens (tertiary/aromatic N) is 1. The SMILES string of the molecule is CNC(=O)c1ccccc1OCC(=O)N(C)C1CCCCC1. The van der Waals surface area contributed by atoms with Gasteiger partial charge in [-0.2, -0.15) is 0 Å². The van der Waals surface area contributed by atoms with Crippen LogP contribution in [-0.4, -0.2) is 43.5 Å². The lowest BCUT2D eigenvalue weighted by atomic mass is 9.94. The van der Waals surface area contributed by atoms with Gasteiger partial charge in [-0.3, -0.25) is 9.59 Å². The van der Waals surface area contributed by atoms with Gasteiger partial charge in [0, 0.05) is 20.1 Å². The van der Waals surface area contributed by atoms with Crippen molar-refractivity contribution in [2.45, 2.75) is 38.1 Å². The van der Waals surface area contributed by atoms with E-state index in [9.17, 15) is 9.59 Å². The number of para-hydroxylation sites is 1. The summed E-state index contributed by atoms with van der Waals surface area (Å²) in [5, 5.41) is 2.57. The van der Waals surface area contributed by atoms with Crippen molar-refractivity contribution in [3.05, 3.63) is 29.8 Å². The molecule has 0 saturated heterocycles. The fourth-order valence-electron chi connectivity index (χ4n) is 2.83. The molecule has 5 nitrogen and oxygen atoms in total. The lowest BCUT2D eigenvalue weighted by Gasteiger charge is -2.31. The van der Waals surface area contributed by atoms with Crippen molar-refractivity contribution in [1.29, 1.82) is 0 Å². The third-order valence-corrected chi connectivity index (χ3v) is 4.23. The number of benzene rings is 1. The summed E-state index contributed by atoms with van der Waals surface area (Å²) in [4.78, 5) is 25.8. The van der Waals surface area contributed by atoms with Crippen LogP contribution in [0.4, 0.5) is 0 Å². The smallest absolute Gasteiger partial charge is 0.260 e. The summed E-state index contributed by atoms with van der Waals surface area (Å²) in [5.74, 6) is 0.175. The summed E-state index contributed by atoms with van der Waals surface area (Å²) in [7, 11) is 3.41. The standard InChI is InChI=1S/C17H24N2O3/c1-18-17(21)14-10-6-7-11-15(14)22-12-16(20)19(2)13-8-4-3-5-9-13/h6-7,10-11,13H,3-5,8-9,12H2,1-2H3,(H,18,21). The first-order valence-electron chi connectivity index (χ1n) is 7.83. The molecule has 0 bridgehead atoms. The zero-order chi connectivity index (χ0) is 15.9. The fraction of sp³-hybridized carbons (Fsp3) is 0.529. The summed E-state index contributed by atoms with van der Waals surface area (Å²) in [6, 6.07) is 7.27. The molecule has 1 fully saturated rings. The second-order valence-electron chi connectivity index (χ2n) is 5.66. The minimum Gasteiger partial charge on any atom is -0.483 e. The van der Waals surface area contributed by atoms with Gasteiger partial charge in [-0.1, -0.05) is 31.4 Å². The molecule has 1 saturated carbocycles. The van der Waals surface area contributed by atoms with E-state index in [0.717, 1.165) is 12.8 Å². The van der Waals surface area contributed by atoms with E-state index in [4.69, 9.17) is 4.74 Å². The number of ether oxygens (including phenoxy) is 1. The normalized spacial score (nSPS) is 15.2. The highest BCUT2D eigenvalue weighted by Gasteiger charge is 2.22. The minimum atomic E-state index is -0.219. The molecule has 22 heavy (non-hydrogen) atoms. The molecular formula is C17H24N2O3. The van der Waals surface area contributed by atoms with Crippen LogP contribution in [0.2, 0.25) is 0 Å². The van der Waals surface area contributed by atoms with Crippen LogP contribution in [0, 0.1) is 0 Å². The molecular weight excluding hydrogens is 280 g/mol. The Morgan fingerprint density at radius 2 is 1.91 bits per heavy atom. The van der Waals surface area contributed by atoms with Crippen molar-refractivity contribution < 1.29 is 14.3 Å². The van der Waals surface area contributed by atoms with E-state index in [0.29, 0.717) is 17.4 Å². The van der Waals surface area contributed by atoms with Gasteiger partial charge in [0.1, 0.15) is 5.75 Å². The van der Waals surface area contributed by atoms with Crippen molar-refractivity contribution in [3.63, 3.8) is 0 Å². The summed E-state index contributed by atoms with van der Waals surface area (Å²) < 4.78 is 5.58. The number of amides is 2. The summed E-state index contributed by atoms with van der Waals surface area (Å²) in [6.07, 6.45) is 5.76. The van der Waals surface area contributed by atoms with E-state index >= 15 is 0 Å². The van der Waals surface area contributed by atoms with Crippen LogP contribution < -0.4 is 10.1 Å². The van der Waals surface area contributed by atoms with Crippen LogP contribution in [0.1, 0.15) is 42.5 Å². The average Bonchev–Trinajstić information content (AvgIpc) is 2.59. The number of hydrogen-bond acceptors (Lipinski definition) is 3. The van der Waals surface area contributed by atoms with Crippen LogP contribution in [0.25, 0.3) is 0 Å². The fourth-order valence-corrected chi connectivity index (χ4v) is 2.83. The summed E-state index contributed by atoms with van der Waals surface area (Å²) >= 11 is 0. The van der Waals surface area contributed by atoms with Crippen molar-refractivity contribution >= 4 is 11.8 Å². The zero-order valence-electron chi connectivity index (χ0n) is 13.3. The van der Waals surface area contributed by atoms with E-state index in [2.05, 4.69) is 5.32 Å². The largest absolute Gasteiger partial charge is 0.483 e. The van der Waals surface area contributed by atoms with Crippen LogP contribution in [0.3, 0.4) is 0 Å². The number of rotatable bonds is 5. The Morgan fingerprint density at radius 1 is 1.23 bits per heavy atom. The average molecular weight is 304 g/mol. The lowest BCUT2D eigenvalue weighted by molar-refractivity contribution is -0.134. The van der Waals surface area contributed by atoms with Crippen LogP contribution in [0.5, 0.6) is 5.75 Å². The highest BCUT2D eigenvalue weighted by atomic mass is 16.5. The van der Waals surface area contributed by atoms with Gasteiger partial charge in [-0.05, 0) is 25.0 Å². The zero-order valence-corrected chi connectivity index (χ0v) is 13.3. The third kappa shape index (κ3) is 4.00. The van der Waals surface area contributed by atoms with Gasteiger partial charge in [-0.25, -0.2) is 0 Å². The molecule has 1 aliphatic carbocycles. The molecule has 0 radical (unpaired) electrons. The Morgan fingerprint density at radius 3 is 2.59 bits per heavy atom. The van der Waals surface area contributed by atoms with Crippen molar-refractivity contribution in [3.8, 4) is 5.75 Å². The third-order valence-electron chi connectivity index (χ3n) is 4.23. The van der Waals surface area contributed by atoms with E-state index in [1.165, 1.54) is 19.3 Å². The van der Waals surface area contributed by atoms with E-state index in [1.54, 1.807) is 36.2 Å². The maximum Gasteiger partial charge on any atom is 0.260 e. The Kier molecular flexibility index (Phi) is 5.81.